The van der Waals surface area contributed by atoms with E-state index in [9.17, 15) is 26.7 Å². The Hall–Kier alpha value is -1.45. The van der Waals surface area contributed by atoms with Gasteiger partial charge in [0.2, 0.25) is 5.91 Å². The minimum Gasteiger partial charge on any atom is -0.346 e. The van der Waals surface area contributed by atoms with Crippen molar-refractivity contribution in [3.8, 4) is 0 Å². The molecule has 0 unspecified atom stereocenters. The van der Waals surface area contributed by atoms with Crippen molar-refractivity contribution in [1.29, 1.82) is 0 Å². The van der Waals surface area contributed by atoms with Crippen LogP contribution in [0.15, 0.2) is 5.38 Å². The Morgan fingerprint density at radius 3 is 2.39 bits per heavy atom. The molecule has 0 atom stereocenters. The standard InChI is InChI=1S/C13H14F5N3OS/c14-12(15)1-3-20(4-2-12)10(22)8-5-21(6-8)11-19-9(7-23-11)13(16,17)18/h7-8H,1-6H2. The normalized spacial score (nSPS) is 22.1. The summed E-state index contributed by atoms with van der Waals surface area (Å²) < 4.78 is 63.7. The molecule has 2 fully saturated rings. The smallest absolute Gasteiger partial charge is 0.346 e. The zero-order chi connectivity index (χ0) is 16.8. The molecule has 4 nitrogen and oxygen atoms in total. The maximum absolute atomic E-state index is 13.1. The van der Waals surface area contributed by atoms with E-state index in [4.69, 9.17) is 0 Å². The van der Waals surface area contributed by atoms with Crippen molar-refractivity contribution in [2.45, 2.75) is 24.9 Å². The Bertz CT molecular complexity index is 587. The minimum absolute atomic E-state index is 0.0256. The lowest BCUT2D eigenvalue weighted by atomic mass is 9.97. The number of halogens is 5. The first-order valence-corrected chi connectivity index (χ1v) is 7.98. The van der Waals surface area contributed by atoms with Crippen molar-refractivity contribution in [1.82, 2.24) is 9.88 Å². The summed E-state index contributed by atoms with van der Waals surface area (Å²) in [5, 5.41) is 1.17. The summed E-state index contributed by atoms with van der Waals surface area (Å²) in [4.78, 5) is 18.7. The molecule has 0 aromatic carbocycles. The fourth-order valence-electron chi connectivity index (χ4n) is 2.64. The molecule has 1 amide bonds. The van der Waals surface area contributed by atoms with Gasteiger partial charge in [0.1, 0.15) is 0 Å². The molecule has 0 radical (unpaired) electrons. The van der Waals surface area contributed by atoms with Gasteiger partial charge in [0, 0.05) is 44.4 Å². The predicted octanol–water partition coefficient (Wildman–Crippen LogP) is 2.86. The van der Waals surface area contributed by atoms with Gasteiger partial charge < -0.3 is 9.80 Å². The number of anilines is 1. The van der Waals surface area contributed by atoms with Gasteiger partial charge in [-0.2, -0.15) is 13.2 Å². The summed E-state index contributed by atoms with van der Waals surface area (Å²) in [5.41, 5.74) is -0.939. The first-order chi connectivity index (χ1) is 10.7. The average molecular weight is 355 g/mol. The molecular weight excluding hydrogens is 341 g/mol. The van der Waals surface area contributed by atoms with E-state index in [0.29, 0.717) is 0 Å². The number of alkyl halides is 5. The molecule has 0 N–H and O–H groups in total. The van der Waals surface area contributed by atoms with Crippen LogP contribution in [-0.4, -0.2) is 47.9 Å². The van der Waals surface area contributed by atoms with Crippen molar-refractivity contribution < 1.29 is 26.7 Å². The number of nitrogens with zero attached hydrogens (tertiary/aromatic N) is 3. The Morgan fingerprint density at radius 2 is 1.87 bits per heavy atom. The summed E-state index contributed by atoms with van der Waals surface area (Å²) in [6.45, 7) is 0.600. The monoisotopic (exact) mass is 355 g/mol. The predicted molar refractivity (Wildman–Crippen MR) is 73.6 cm³/mol. The number of carbonyl (C=O) groups excluding carboxylic acids is 1. The van der Waals surface area contributed by atoms with Crippen molar-refractivity contribution in [2.75, 3.05) is 31.1 Å². The lowest BCUT2D eigenvalue weighted by Crippen LogP contribution is -2.56. The van der Waals surface area contributed by atoms with E-state index in [-0.39, 0.29) is 56.0 Å². The van der Waals surface area contributed by atoms with Crippen LogP contribution in [0.2, 0.25) is 0 Å². The van der Waals surface area contributed by atoms with E-state index < -0.39 is 17.8 Å². The highest BCUT2D eigenvalue weighted by Gasteiger charge is 2.42. The molecule has 1 aromatic rings. The SMILES string of the molecule is O=C(C1CN(c2nc(C(F)(F)F)cs2)C1)N1CCC(F)(F)CC1. The van der Waals surface area contributed by atoms with E-state index in [2.05, 4.69) is 4.98 Å². The van der Waals surface area contributed by atoms with E-state index in [1.165, 1.54) is 4.90 Å². The number of hydrogen-bond acceptors (Lipinski definition) is 4. The Labute approximate surface area is 132 Å². The summed E-state index contributed by atoms with van der Waals surface area (Å²) >= 11 is 0.880. The number of piperidine rings is 1. The molecule has 0 spiro atoms. The number of rotatable bonds is 2. The number of amides is 1. The molecule has 2 aliphatic rings. The van der Waals surface area contributed by atoms with Gasteiger partial charge in [-0.15, -0.1) is 11.3 Å². The highest BCUT2D eigenvalue weighted by atomic mass is 32.1. The van der Waals surface area contributed by atoms with Crippen molar-refractivity contribution in [3.05, 3.63) is 11.1 Å². The van der Waals surface area contributed by atoms with Gasteiger partial charge in [-0.05, 0) is 0 Å². The zero-order valence-corrected chi connectivity index (χ0v) is 12.8. The van der Waals surface area contributed by atoms with Crippen LogP contribution in [0.3, 0.4) is 0 Å². The molecular formula is C13H14F5N3OS. The molecule has 0 bridgehead atoms. The number of thiazole rings is 1. The fourth-order valence-corrected chi connectivity index (χ4v) is 3.50. The third-order valence-corrected chi connectivity index (χ3v) is 4.99. The first kappa shape index (κ1) is 16.4. The third kappa shape index (κ3) is 3.41. The number of carbonyl (C=O) groups is 1. The molecule has 3 rings (SSSR count). The van der Waals surface area contributed by atoms with Gasteiger partial charge in [0.25, 0.3) is 5.92 Å². The van der Waals surface area contributed by atoms with Crippen molar-refractivity contribution >= 4 is 22.4 Å². The second-order valence-electron chi connectivity index (χ2n) is 5.80. The van der Waals surface area contributed by atoms with Crippen LogP contribution in [-0.2, 0) is 11.0 Å². The maximum atomic E-state index is 13.1. The maximum Gasteiger partial charge on any atom is 0.434 e. The molecule has 2 aliphatic heterocycles. The van der Waals surface area contributed by atoms with Crippen LogP contribution in [0.25, 0.3) is 0 Å². The van der Waals surface area contributed by atoms with E-state index in [1.807, 2.05) is 0 Å². The fraction of sp³-hybridized carbons (Fsp3) is 0.692. The Kier molecular flexibility index (Phi) is 3.97. The number of aromatic nitrogens is 1. The lowest BCUT2D eigenvalue weighted by Gasteiger charge is -2.42. The Morgan fingerprint density at radius 1 is 1.26 bits per heavy atom. The van der Waals surface area contributed by atoms with Crippen molar-refractivity contribution in [3.63, 3.8) is 0 Å². The molecule has 2 saturated heterocycles. The zero-order valence-electron chi connectivity index (χ0n) is 11.9. The molecule has 128 valence electrons. The minimum atomic E-state index is -4.48. The van der Waals surface area contributed by atoms with Gasteiger partial charge in [-0.25, -0.2) is 13.8 Å². The summed E-state index contributed by atoms with van der Waals surface area (Å²) in [7, 11) is 0. The molecule has 10 heteroatoms. The summed E-state index contributed by atoms with van der Waals surface area (Å²) in [6.07, 6.45) is -5.15. The van der Waals surface area contributed by atoms with E-state index >= 15 is 0 Å². The molecule has 0 saturated carbocycles. The number of likely N-dealkylation sites (tertiary alicyclic amines) is 1. The average Bonchev–Trinajstić information content (AvgIpc) is 2.86. The van der Waals surface area contributed by atoms with Crippen molar-refractivity contribution in [2.24, 2.45) is 5.92 Å². The van der Waals surface area contributed by atoms with Gasteiger partial charge in [-0.3, -0.25) is 4.79 Å². The van der Waals surface area contributed by atoms with Gasteiger partial charge >= 0.3 is 6.18 Å². The van der Waals surface area contributed by atoms with E-state index in [1.54, 1.807) is 4.90 Å². The van der Waals surface area contributed by atoms with Crippen LogP contribution >= 0.6 is 11.3 Å². The third-order valence-electron chi connectivity index (χ3n) is 4.09. The van der Waals surface area contributed by atoms with E-state index in [0.717, 1.165) is 16.7 Å². The highest BCUT2D eigenvalue weighted by Crippen LogP contribution is 2.36. The summed E-state index contributed by atoms with van der Waals surface area (Å²) in [6, 6.07) is 0. The van der Waals surface area contributed by atoms with Crippen LogP contribution in [0, 0.1) is 5.92 Å². The molecule has 0 aliphatic carbocycles. The van der Waals surface area contributed by atoms with Gasteiger partial charge in [0.15, 0.2) is 10.8 Å². The summed E-state index contributed by atoms with van der Waals surface area (Å²) in [5.74, 6) is -3.28. The van der Waals surface area contributed by atoms with Gasteiger partial charge in [0.05, 0.1) is 5.92 Å². The molecule has 1 aromatic heterocycles. The quantitative estimate of drug-likeness (QED) is 0.766. The molecule has 23 heavy (non-hydrogen) atoms. The second kappa shape index (κ2) is 5.57. The van der Waals surface area contributed by atoms with Crippen LogP contribution in [0.4, 0.5) is 27.1 Å². The number of hydrogen-bond donors (Lipinski definition) is 0. The first-order valence-electron chi connectivity index (χ1n) is 7.10. The van der Waals surface area contributed by atoms with Gasteiger partial charge in [-0.1, -0.05) is 0 Å². The van der Waals surface area contributed by atoms with Crippen LogP contribution in [0.1, 0.15) is 18.5 Å². The Balaban J connectivity index is 1.53. The van der Waals surface area contributed by atoms with Crippen LogP contribution in [0.5, 0.6) is 0 Å². The topological polar surface area (TPSA) is 36.4 Å². The highest BCUT2D eigenvalue weighted by molar-refractivity contribution is 7.13. The second-order valence-corrected chi connectivity index (χ2v) is 6.63. The van der Waals surface area contributed by atoms with Crippen LogP contribution < -0.4 is 4.90 Å². The molecule has 3 heterocycles. The largest absolute Gasteiger partial charge is 0.434 e. The lowest BCUT2D eigenvalue weighted by molar-refractivity contribution is -0.143.